The Hall–Kier alpha value is -1.61. The minimum atomic E-state index is 0.250. The first kappa shape index (κ1) is 8.39. The van der Waals surface area contributed by atoms with Crippen LogP contribution >= 0.6 is 0 Å². The molecule has 0 unspecified atom stereocenters. The van der Waals surface area contributed by atoms with E-state index < -0.39 is 0 Å². The van der Waals surface area contributed by atoms with Crippen LogP contribution in [0.1, 0.15) is 5.69 Å². The Kier molecular flexibility index (Phi) is 3.60. The van der Waals surface area contributed by atoms with Crippen LogP contribution in [0.5, 0.6) is 0 Å². The van der Waals surface area contributed by atoms with Crippen LogP contribution in [0, 0.1) is 6.92 Å². The molecule has 1 aromatic heterocycles. The number of carbonyl (C=O) groups excluding carboxylic acids is 2. The summed E-state index contributed by atoms with van der Waals surface area (Å²) in [6, 6.07) is 0. The molecule has 1 heterocycles. The summed E-state index contributed by atoms with van der Waals surface area (Å²) in [6.45, 7) is 1.88. The van der Waals surface area contributed by atoms with Gasteiger partial charge in [-0.15, -0.1) is 0 Å². The molecule has 54 valence electrons. The number of aryl methyl sites for hydroxylation is 1. The largest absolute Gasteiger partial charge is 0.382 e. The Morgan fingerprint density at radius 3 is 2.30 bits per heavy atom. The zero-order valence-corrected chi connectivity index (χ0v) is 5.42. The van der Waals surface area contributed by atoms with Crippen molar-refractivity contribution in [2.45, 2.75) is 6.92 Å². The van der Waals surface area contributed by atoms with Crippen molar-refractivity contribution in [3.05, 3.63) is 12.0 Å². The number of nitrogens with two attached hydrogens (primary N) is 1. The highest BCUT2D eigenvalue weighted by Crippen LogP contribution is 1.98. The van der Waals surface area contributed by atoms with Crippen molar-refractivity contribution in [1.29, 1.82) is 0 Å². The van der Waals surface area contributed by atoms with Gasteiger partial charge in [0.1, 0.15) is 5.82 Å². The molecule has 0 saturated carbocycles. The number of hydrogen-bond acceptors (Lipinski definition) is 4. The molecule has 0 atom stereocenters. The number of nitrogens with one attached hydrogen (secondary N) is 1. The van der Waals surface area contributed by atoms with E-state index in [2.05, 4.69) is 9.97 Å². The zero-order chi connectivity index (χ0) is 7.98. The lowest BCUT2D eigenvalue weighted by Gasteiger charge is -1.79. The van der Waals surface area contributed by atoms with Gasteiger partial charge in [-0.05, 0) is 6.92 Å². The van der Waals surface area contributed by atoms with Crippen molar-refractivity contribution >= 4 is 12.0 Å². The summed E-state index contributed by atoms with van der Waals surface area (Å²) in [5.41, 5.74) is 6.23. The van der Waals surface area contributed by atoms with Crippen molar-refractivity contribution in [1.82, 2.24) is 9.97 Å². The van der Waals surface area contributed by atoms with Crippen LogP contribution in [0.15, 0.2) is 6.33 Å². The van der Waals surface area contributed by atoms with Gasteiger partial charge >= 0.3 is 6.15 Å². The number of hydrogen-bond donors (Lipinski definition) is 2. The van der Waals surface area contributed by atoms with Gasteiger partial charge in [-0.1, -0.05) is 0 Å². The van der Waals surface area contributed by atoms with Crippen LogP contribution in [-0.2, 0) is 9.59 Å². The molecule has 3 N–H and O–H groups in total. The average Bonchev–Trinajstić information content (AvgIpc) is 2.19. The zero-order valence-electron chi connectivity index (χ0n) is 5.42. The number of anilines is 1. The molecule has 0 saturated heterocycles. The van der Waals surface area contributed by atoms with Crippen LogP contribution in [0.25, 0.3) is 0 Å². The molecule has 5 nitrogen and oxygen atoms in total. The summed E-state index contributed by atoms with van der Waals surface area (Å²) in [5.74, 6) is 0.583. The van der Waals surface area contributed by atoms with E-state index in [0.29, 0.717) is 5.82 Å². The molecule has 10 heavy (non-hydrogen) atoms. The van der Waals surface area contributed by atoms with Gasteiger partial charge in [0, 0.05) is 0 Å². The molecular weight excluding hydrogens is 134 g/mol. The van der Waals surface area contributed by atoms with Gasteiger partial charge in [-0.2, -0.15) is 9.59 Å². The molecule has 0 fully saturated rings. The van der Waals surface area contributed by atoms with E-state index >= 15 is 0 Å². The lowest BCUT2D eigenvalue weighted by Crippen LogP contribution is -1.85. The summed E-state index contributed by atoms with van der Waals surface area (Å²) in [4.78, 5) is 22.8. The van der Waals surface area contributed by atoms with E-state index in [0.717, 1.165) is 5.69 Å². The van der Waals surface area contributed by atoms with Gasteiger partial charge in [0.2, 0.25) is 0 Å². The lowest BCUT2D eigenvalue weighted by molar-refractivity contribution is -0.191. The second-order valence-electron chi connectivity index (χ2n) is 1.50. The topological polar surface area (TPSA) is 88.8 Å². The predicted octanol–water partition coefficient (Wildman–Crippen LogP) is -0.283. The molecule has 0 amide bonds. The quantitative estimate of drug-likeness (QED) is 0.519. The summed E-state index contributed by atoms with van der Waals surface area (Å²) >= 11 is 0. The third-order valence-corrected chi connectivity index (χ3v) is 0.869. The molecule has 0 aliphatic rings. The number of H-pyrrole nitrogens is 1. The maximum absolute atomic E-state index is 8.12. The third-order valence-electron chi connectivity index (χ3n) is 0.869. The molecule has 0 bridgehead atoms. The second-order valence-corrected chi connectivity index (χ2v) is 1.50. The van der Waals surface area contributed by atoms with Gasteiger partial charge in [0.25, 0.3) is 0 Å². The van der Waals surface area contributed by atoms with E-state index in [1.165, 1.54) is 0 Å². The molecule has 0 aromatic carbocycles. The summed E-state index contributed by atoms with van der Waals surface area (Å²) in [5, 5.41) is 0. The molecule has 1 rings (SSSR count). The first-order chi connectivity index (χ1) is 4.72. The summed E-state index contributed by atoms with van der Waals surface area (Å²) in [7, 11) is 0. The fourth-order valence-electron chi connectivity index (χ4n) is 0.369. The van der Waals surface area contributed by atoms with E-state index in [9.17, 15) is 0 Å². The van der Waals surface area contributed by atoms with Crippen molar-refractivity contribution in [3.63, 3.8) is 0 Å². The highest BCUT2D eigenvalue weighted by molar-refractivity contribution is 5.31. The Morgan fingerprint density at radius 1 is 1.70 bits per heavy atom. The van der Waals surface area contributed by atoms with Gasteiger partial charge in [-0.3, -0.25) is 0 Å². The van der Waals surface area contributed by atoms with Crippen LogP contribution < -0.4 is 5.73 Å². The summed E-state index contributed by atoms with van der Waals surface area (Å²) < 4.78 is 0. The first-order valence-corrected chi connectivity index (χ1v) is 2.47. The fraction of sp³-hybridized carbons (Fsp3) is 0.200. The van der Waals surface area contributed by atoms with E-state index in [1.807, 2.05) is 6.92 Å². The molecule has 0 aliphatic carbocycles. The van der Waals surface area contributed by atoms with Gasteiger partial charge in [0.05, 0.1) is 12.0 Å². The number of aromatic nitrogens is 2. The predicted molar refractivity (Wildman–Crippen MR) is 32.7 cm³/mol. The number of imidazole rings is 1. The van der Waals surface area contributed by atoms with Crippen molar-refractivity contribution in [2.24, 2.45) is 0 Å². The number of aromatic amines is 1. The second kappa shape index (κ2) is 4.29. The van der Waals surface area contributed by atoms with Crippen molar-refractivity contribution in [3.8, 4) is 0 Å². The lowest BCUT2D eigenvalue weighted by atomic mass is 10.5. The standard InChI is InChI=1S/C4H7N3.CO2/c1-3-4(5)7-2-6-3;2-1-3/h2H,5H2,1H3,(H,6,7);. The van der Waals surface area contributed by atoms with E-state index in [-0.39, 0.29) is 6.15 Å². The maximum atomic E-state index is 8.12. The van der Waals surface area contributed by atoms with E-state index in [1.54, 1.807) is 6.33 Å². The van der Waals surface area contributed by atoms with Crippen molar-refractivity contribution < 1.29 is 9.59 Å². The minimum absolute atomic E-state index is 0.250. The molecule has 0 spiro atoms. The normalized spacial score (nSPS) is 7.30. The van der Waals surface area contributed by atoms with Gasteiger partial charge < -0.3 is 10.7 Å². The number of nitrogen functional groups attached to an aromatic ring is 1. The van der Waals surface area contributed by atoms with Crippen molar-refractivity contribution in [2.75, 3.05) is 5.73 Å². The van der Waals surface area contributed by atoms with Gasteiger partial charge in [-0.25, -0.2) is 4.98 Å². The van der Waals surface area contributed by atoms with Crippen LogP contribution in [0.2, 0.25) is 0 Å². The SMILES string of the molecule is Cc1[nH]cnc1N.O=C=O. The highest BCUT2D eigenvalue weighted by Gasteiger charge is 1.88. The van der Waals surface area contributed by atoms with E-state index in [4.69, 9.17) is 15.3 Å². The van der Waals surface area contributed by atoms with Crippen LogP contribution in [-0.4, -0.2) is 16.1 Å². The Balaban J connectivity index is 0.000000236. The highest BCUT2D eigenvalue weighted by atomic mass is 16.2. The Labute approximate surface area is 57.3 Å². The fourth-order valence-corrected chi connectivity index (χ4v) is 0.369. The molecule has 0 radical (unpaired) electrons. The summed E-state index contributed by atoms with van der Waals surface area (Å²) in [6.07, 6.45) is 1.82. The molecule has 1 aromatic rings. The minimum Gasteiger partial charge on any atom is -0.382 e. The Morgan fingerprint density at radius 2 is 2.20 bits per heavy atom. The Bertz CT molecular complexity index is 208. The van der Waals surface area contributed by atoms with Crippen LogP contribution in [0.3, 0.4) is 0 Å². The monoisotopic (exact) mass is 141 g/mol. The molecule has 0 aliphatic heterocycles. The average molecular weight is 141 g/mol. The van der Waals surface area contributed by atoms with Crippen LogP contribution in [0.4, 0.5) is 5.82 Å². The van der Waals surface area contributed by atoms with Gasteiger partial charge in [0.15, 0.2) is 0 Å². The number of nitrogens with zero attached hydrogens (tertiary/aromatic N) is 1. The molecular formula is C5H7N3O2. The number of rotatable bonds is 0. The molecule has 5 heteroatoms. The first-order valence-electron chi connectivity index (χ1n) is 2.47. The third kappa shape index (κ3) is 2.64. The maximum Gasteiger partial charge on any atom is 0.373 e. The smallest absolute Gasteiger partial charge is 0.373 e.